The summed E-state index contributed by atoms with van der Waals surface area (Å²) in [6.45, 7) is 7.87. The van der Waals surface area contributed by atoms with E-state index in [4.69, 9.17) is 0 Å². The number of carbonyl (C=O) groups is 1. The number of hydrogen-bond acceptors (Lipinski definition) is 2. The maximum atomic E-state index is 10.8. The van der Waals surface area contributed by atoms with E-state index in [0.717, 1.165) is 23.4 Å². The Morgan fingerprint density at radius 2 is 2.00 bits per heavy atom. The van der Waals surface area contributed by atoms with E-state index in [9.17, 15) is 4.79 Å². The Balaban J connectivity index is 3.40. The second-order valence-electron chi connectivity index (χ2n) is 3.65. The molecule has 17 heavy (non-hydrogen) atoms. The molecule has 0 radical (unpaired) electrons. The highest BCUT2D eigenvalue weighted by atomic mass is 16.1. The average Bonchev–Trinajstić information content (AvgIpc) is 2.78. The van der Waals surface area contributed by atoms with E-state index < -0.39 is 0 Å². The van der Waals surface area contributed by atoms with Gasteiger partial charge in [0.1, 0.15) is 11.5 Å². The quantitative estimate of drug-likeness (QED) is 0.585. The molecule has 0 spiro atoms. The molecule has 0 aromatic carbocycles. The van der Waals surface area contributed by atoms with Crippen LogP contribution in [0.3, 0.4) is 0 Å². The number of nitrogens with zero attached hydrogens (tertiary/aromatic N) is 2. The van der Waals surface area contributed by atoms with Gasteiger partial charge in [0.15, 0.2) is 6.29 Å². The molecule has 0 N–H and O–H groups in total. The van der Waals surface area contributed by atoms with Crippen molar-refractivity contribution in [2.24, 2.45) is 0 Å². The van der Waals surface area contributed by atoms with E-state index in [1.807, 2.05) is 56.6 Å². The van der Waals surface area contributed by atoms with Crippen molar-refractivity contribution in [1.29, 1.82) is 0 Å². The molecule has 0 bridgehead atoms. The first-order valence-electron chi connectivity index (χ1n) is 5.65. The Morgan fingerprint density at radius 3 is 2.47 bits per heavy atom. The van der Waals surface area contributed by atoms with Gasteiger partial charge in [-0.1, -0.05) is 24.3 Å². The first-order chi connectivity index (χ1) is 8.17. The maximum Gasteiger partial charge on any atom is 0.170 e. The molecule has 0 amide bonds. The third-order valence-electron chi connectivity index (χ3n) is 2.56. The maximum absolute atomic E-state index is 10.8. The molecule has 0 aliphatic carbocycles. The van der Waals surface area contributed by atoms with Crippen molar-refractivity contribution in [3.63, 3.8) is 0 Å². The molecule has 0 saturated carbocycles. The molecule has 3 nitrogen and oxygen atoms in total. The number of rotatable bonds is 4. The fraction of sp³-hybridized carbons (Fsp3) is 0.286. The summed E-state index contributed by atoms with van der Waals surface area (Å²) >= 11 is 0. The summed E-state index contributed by atoms with van der Waals surface area (Å²) in [5.74, 6) is 0.795. The molecule has 3 heteroatoms. The minimum absolute atomic E-state index is 0.449. The highest BCUT2D eigenvalue weighted by molar-refractivity contribution is 5.77. The van der Waals surface area contributed by atoms with Crippen molar-refractivity contribution < 1.29 is 4.79 Å². The lowest BCUT2D eigenvalue weighted by molar-refractivity contribution is 0.111. The fourth-order valence-corrected chi connectivity index (χ4v) is 1.55. The lowest BCUT2D eigenvalue weighted by Gasteiger charge is -2.07. The number of imidazole rings is 1. The molecule has 0 atom stereocenters. The van der Waals surface area contributed by atoms with Crippen molar-refractivity contribution in [2.75, 3.05) is 0 Å². The van der Waals surface area contributed by atoms with Crippen LogP contribution in [0.25, 0.3) is 11.3 Å². The van der Waals surface area contributed by atoms with Crippen LogP contribution in [0, 0.1) is 0 Å². The molecule has 0 aliphatic heterocycles. The number of carbonyl (C=O) groups excluding carboxylic acids is 1. The zero-order valence-electron chi connectivity index (χ0n) is 10.8. The Morgan fingerprint density at radius 1 is 1.29 bits per heavy atom. The SMILES string of the molecule is C/C=C\C(=C/C)c1nc(C=O)cn1/C(C)=C/C. The molecule has 0 fully saturated rings. The summed E-state index contributed by atoms with van der Waals surface area (Å²) in [5.41, 5.74) is 2.50. The third kappa shape index (κ3) is 2.81. The molecular formula is C14H18N2O. The van der Waals surface area contributed by atoms with E-state index in [-0.39, 0.29) is 0 Å². The molecular weight excluding hydrogens is 212 g/mol. The summed E-state index contributed by atoms with van der Waals surface area (Å²) in [4.78, 5) is 15.1. The summed E-state index contributed by atoms with van der Waals surface area (Å²) < 4.78 is 1.93. The Kier molecular flexibility index (Phi) is 4.64. The van der Waals surface area contributed by atoms with Crippen molar-refractivity contribution >= 4 is 17.6 Å². The predicted octanol–water partition coefficient (Wildman–Crippen LogP) is 3.56. The largest absolute Gasteiger partial charge is 0.303 e. The fourth-order valence-electron chi connectivity index (χ4n) is 1.55. The third-order valence-corrected chi connectivity index (χ3v) is 2.56. The number of allylic oxidation sites excluding steroid dienone is 6. The van der Waals surface area contributed by atoms with Crippen LogP contribution in [0.2, 0.25) is 0 Å². The Hall–Kier alpha value is -1.90. The minimum Gasteiger partial charge on any atom is -0.303 e. The van der Waals surface area contributed by atoms with Gasteiger partial charge in [-0.3, -0.25) is 4.79 Å². The van der Waals surface area contributed by atoms with Crippen molar-refractivity contribution in [3.05, 3.63) is 42.0 Å². The van der Waals surface area contributed by atoms with Gasteiger partial charge in [0.05, 0.1) is 0 Å². The highest BCUT2D eigenvalue weighted by Crippen LogP contribution is 2.19. The summed E-state index contributed by atoms with van der Waals surface area (Å²) in [6, 6.07) is 0. The topological polar surface area (TPSA) is 34.9 Å². The lowest BCUT2D eigenvalue weighted by Crippen LogP contribution is -1.98. The molecule has 1 rings (SSSR count). The van der Waals surface area contributed by atoms with Gasteiger partial charge >= 0.3 is 0 Å². The monoisotopic (exact) mass is 230 g/mol. The predicted molar refractivity (Wildman–Crippen MR) is 71.7 cm³/mol. The van der Waals surface area contributed by atoms with E-state index in [2.05, 4.69) is 4.98 Å². The second kappa shape index (κ2) is 5.99. The number of aldehydes is 1. The van der Waals surface area contributed by atoms with E-state index in [0.29, 0.717) is 5.69 Å². The van der Waals surface area contributed by atoms with Crippen LogP contribution in [0.4, 0.5) is 0 Å². The summed E-state index contributed by atoms with van der Waals surface area (Å²) in [7, 11) is 0. The summed E-state index contributed by atoms with van der Waals surface area (Å²) in [5, 5.41) is 0. The standard InChI is InChI=1S/C14H18N2O/c1-5-8-12(7-3)14-15-13(10-17)9-16(14)11(4)6-2/h5-10H,1-4H3/b8-5-,11-6+,12-7+. The van der Waals surface area contributed by atoms with E-state index >= 15 is 0 Å². The van der Waals surface area contributed by atoms with Crippen LogP contribution in [-0.4, -0.2) is 15.8 Å². The van der Waals surface area contributed by atoms with Gasteiger partial charge in [-0.05, 0) is 27.7 Å². The smallest absolute Gasteiger partial charge is 0.170 e. The van der Waals surface area contributed by atoms with Gasteiger partial charge in [0.2, 0.25) is 0 Å². The summed E-state index contributed by atoms with van der Waals surface area (Å²) in [6.07, 6.45) is 10.4. The average molecular weight is 230 g/mol. The number of hydrogen-bond donors (Lipinski definition) is 0. The molecule has 1 heterocycles. The lowest BCUT2D eigenvalue weighted by atomic mass is 10.2. The van der Waals surface area contributed by atoms with Crippen LogP contribution in [-0.2, 0) is 0 Å². The van der Waals surface area contributed by atoms with Gasteiger partial charge < -0.3 is 4.57 Å². The van der Waals surface area contributed by atoms with Crippen LogP contribution in [0.5, 0.6) is 0 Å². The van der Waals surface area contributed by atoms with E-state index in [1.54, 1.807) is 6.20 Å². The van der Waals surface area contributed by atoms with Gasteiger partial charge in [-0.25, -0.2) is 4.98 Å². The first-order valence-corrected chi connectivity index (χ1v) is 5.65. The van der Waals surface area contributed by atoms with Gasteiger partial charge in [-0.15, -0.1) is 0 Å². The van der Waals surface area contributed by atoms with Crippen molar-refractivity contribution in [1.82, 2.24) is 9.55 Å². The Bertz CT molecular complexity index is 490. The van der Waals surface area contributed by atoms with Crippen LogP contribution in [0.15, 0.2) is 30.5 Å². The van der Waals surface area contributed by atoms with E-state index in [1.165, 1.54) is 0 Å². The normalized spacial score (nSPS) is 13.4. The molecule has 90 valence electrons. The molecule has 0 saturated heterocycles. The second-order valence-corrected chi connectivity index (χ2v) is 3.65. The van der Waals surface area contributed by atoms with Crippen LogP contribution < -0.4 is 0 Å². The van der Waals surface area contributed by atoms with Gasteiger partial charge in [0, 0.05) is 17.5 Å². The highest BCUT2D eigenvalue weighted by Gasteiger charge is 2.10. The Labute approximate surface area is 102 Å². The van der Waals surface area contributed by atoms with Gasteiger partial charge in [-0.2, -0.15) is 0 Å². The zero-order chi connectivity index (χ0) is 12.8. The molecule has 1 aromatic heterocycles. The van der Waals surface area contributed by atoms with Crippen LogP contribution in [0.1, 0.15) is 44.0 Å². The van der Waals surface area contributed by atoms with Crippen molar-refractivity contribution in [2.45, 2.75) is 27.7 Å². The van der Waals surface area contributed by atoms with Gasteiger partial charge in [0.25, 0.3) is 0 Å². The minimum atomic E-state index is 0.449. The first kappa shape index (κ1) is 13.2. The number of aromatic nitrogens is 2. The van der Waals surface area contributed by atoms with Crippen LogP contribution >= 0.6 is 0 Å². The molecule has 0 aliphatic rings. The molecule has 0 unspecified atom stereocenters. The zero-order valence-corrected chi connectivity index (χ0v) is 10.8. The van der Waals surface area contributed by atoms with Crippen molar-refractivity contribution in [3.8, 4) is 0 Å². The molecule has 1 aromatic rings.